The molecule has 186 valence electrons. The van der Waals surface area contributed by atoms with Crippen LogP contribution in [-0.4, -0.2) is 49.3 Å². The van der Waals surface area contributed by atoms with E-state index in [0.29, 0.717) is 24.7 Å². The Balaban J connectivity index is 1.59. The summed E-state index contributed by atoms with van der Waals surface area (Å²) >= 11 is 7.61. The predicted octanol–water partition coefficient (Wildman–Crippen LogP) is 5.11. The molecule has 1 unspecified atom stereocenters. The normalized spacial score (nSPS) is 16.0. The van der Waals surface area contributed by atoms with Crippen LogP contribution < -0.4 is 0 Å². The summed E-state index contributed by atoms with van der Waals surface area (Å²) < 4.78 is 34.1. The first-order valence-electron chi connectivity index (χ1n) is 11.6. The molecule has 1 aromatic heterocycles. The number of hydrogen-bond acceptors (Lipinski definition) is 5. The average Bonchev–Trinajstić information content (AvgIpc) is 3.50. The van der Waals surface area contributed by atoms with Gasteiger partial charge in [-0.2, -0.15) is 4.31 Å². The molecule has 6 nitrogen and oxygen atoms in total. The summed E-state index contributed by atoms with van der Waals surface area (Å²) in [6.45, 7) is 3.31. The molecule has 1 aliphatic rings. The molecule has 0 radical (unpaired) electrons. The van der Waals surface area contributed by atoms with Gasteiger partial charge in [0.15, 0.2) is 0 Å². The molecule has 2 heterocycles. The van der Waals surface area contributed by atoms with Gasteiger partial charge in [-0.15, -0.1) is 11.3 Å². The fourth-order valence-corrected chi connectivity index (χ4v) is 6.52. The highest BCUT2D eigenvalue weighted by molar-refractivity contribution is 7.89. The zero-order valence-electron chi connectivity index (χ0n) is 19.6. The third-order valence-electron chi connectivity index (χ3n) is 5.91. The lowest BCUT2D eigenvalue weighted by Crippen LogP contribution is -2.45. The number of carbonyl (C=O) groups is 1. The molecule has 0 aliphatic carbocycles. The van der Waals surface area contributed by atoms with Gasteiger partial charge in [0, 0.05) is 34.5 Å². The van der Waals surface area contributed by atoms with Crippen molar-refractivity contribution in [3.8, 4) is 0 Å². The second-order valence-corrected chi connectivity index (χ2v) is 12.4. The third kappa shape index (κ3) is 6.92. The van der Waals surface area contributed by atoms with Gasteiger partial charge in [0.05, 0.1) is 24.1 Å². The standard InChI is InChI=1S/C26H29ClN2O4S2/c1-20-9-12-24(34-20)18-28(16-21-6-3-2-4-7-21)26(30)19-29(17-23-8-5-15-33-23)35(31,32)25-13-10-22(27)11-14-25/h2-4,6-7,9-14,23H,5,8,15-19H2,1H3. The first-order valence-corrected chi connectivity index (χ1v) is 14.2. The van der Waals surface area contributed by atoms with Crippen molar-refractivity contribution in [3.05, 3.63) is 87.1 Å². The van der Waals surface area contributed by atoms with Crippen LogP contribution in [0.5, 0.6) is 0 Å². The molecule has 1 fully saturated rings. The molecule has 3 aromatic rings. The number of aryl methyl sites for hydroxylation is 1. The van der Waals surface area contributed by atoms with Crippen molar-refractivity contribution >= 4 is 38.9 Å². The van der Waals surface area contributed by atoms with Crippen LogP contribution in [0.1, 0.15) is 28.2 Å². The van der Waals surface area contributed by atoms with Crippen LogP contribution in [0.2, 0.25) is 5.02 Å². The molecule has 9 heteroatoms. The predicted molar refractivity (Wildman–Crippen MR) is 139 cm³/mol. The number of halogens is 1. The van der Waals surface area contributed by atoms with Crippen molar-refractivity contribution in [2.75, 3.05) is 19.7 Å². The molecule has 2 aromatic carbocycles. The quantitative estimate of drug-likeness (QED) is 0.364. The molecule has 0 saturated carbocycles. The van der Waals surface area contributed by atoms with Gasteiger partial charge in [-0.25, -0.2) is 8.42 Å². The SMILES string of the molecule is Cc1ccc(CN(Cc2ccccc2)C(=O)CN(CC2CCCO2)S(=O)(=O)c2ccc(Cl)cc2)s1. The number of ether oxygens (including phenoxy) is 1. The molecule has 35 heavy (non-hydrogen) atoms. The molecular weight excluding hydrogens is 504 g/mol. The van der Waals surface area contributed by atoms with Gasteiger partial charge in [-0.05, 0) is 61.7 Å². The average molecular weight is 533 g/mol. The van der Waals surface area contributed by atoms with Crippen LogP contribution in [-0.2, 0) is 32.6 Å². The van der Waals surface area contributed by atoms with Gasteiger partial charge in [-0.1, -0.05) is 41.9 Å². The monoisotopic (exact) mass is 532 g/mol. The molecular formula is C26H29ClN2O4S2. The van der Waals surface area contributed by atoms with Crippen molar-refractivity contribution in [1.82, 2.24) is 9.21 Å². The van der Waals surface area contributed by atoms with Crippen LogP contribution in [0.15, 0.2) is 71.6 Å². The second-order valence-electron chi connectivity index (χ2n) is 8.63. The van der Waals surface area contributed by atoms with E-state index in [1.165, 1.54) is 16.4 Å². The van der Waals surface area contributed by atoms with Crippen molar-refractivity contribution in [3.63, 3.8) is 0 Å². The summed E-state index contributed by atoms with van der Waals surface area (Å²) in [6, 6.07) is 19.8. The Bertz CT molecular complexity index is 1220. The van der Waals surface area contributed by atoms with E-state index in [9.17, 15) is 13.2 Å². The highest BCUT2D eigenvalue weighted by Crippen LogP contribution is 2.23. The summed E-state index contributed by atoms with van der Waals surface area (Å²) in [5, 5.41) is 0.450. The smallest absolute Gasteiger partial charge is 0.243 e. The first kappa shape index (κ1) is 25.9. The van der Waals surface area contributed by atoms with E-state index in [-0.39, 0.29) is 30.0 Å². The van der Waals surface area contributed by atoms with Gasteiger partial charge in [0.25, 0.3) is 0 Å². The molecule has 0 bridgehead atoms. The van der Waals surface area contributed by atoms with Gasteiger partial charge < -0.3 is 9.64 Å². The summed E-state index contributed by atoms with van der Waals surface area (Å²) in [4.78, 5) is 17.7. The van der Waals surface area contributed by atoms with Gasteiger partial charge in [0.2, 0.25) is 15.9 Å². The zero-order chi connectivity index (χ0) is 24.8. The molecule has 1 atom stereocenters. The van der Waals surface area contributed by atoms with E-state index in [1.807, 2.05) is 49.4 Å². The number of sulfonamides is 1. The minimum atomic E-state index is -3.93. The number of thiophene rings is 1. The molecule has 0 N–H and O–H groups in total. The minimum Gasteiger partial charge on any atom is -0.377 e. The lowest BCUT2D eigenvalue weighted by Gasteiger charge is -2.28. The lowest BCUT2D eigenvalue weighted by molar-refractivity contribution is -0.132. The highest BCUT2D eigenvalue weighted by atomic mass is 35.5. The first-order chi connectivity index (χ1) is 16.8. The maximum absolute atomic E-state index is 13.6. The fraction of sp³-hybridized carbons (Fsp3) is 0.346. The fourth-order valence-electron chi connectivity index (χ4n) is 4.06. The van der Waals surface area contributed by atoms with E-state index in [2.05, 4.69) is 0 Å². The number of benzene rings is 2. The van der Waals surface area contributed by atoms with E-state index in [0.717, 1.165) is 28.2 Å². The Hall–Kier alpha value is -2.23. The van der Waals surface area contributed by atoms with E-state index in [4.69, 9.17) is 16.3 Å². The van der Waals surface area contributed by atoms with E-state index >= 15 is 0 Å². The van der Waals surface area contributed by atoms with Crippen LogP contribution in [0, 0.1) is 6.92 Å². The van der Waals surface area contributed by atoms with E-state index < -0.39 is 10.0 Å². The van der Waals surface area contributed by atoms with Crippen molar-refractivity contribution < 1.29 is 17.9 Å². The third-order valence-corrected chi connectivity index (χ3v) is 8.97. The second kappa shape index (κ2) is 11.7. The maximum atomic E-state index is 13.6. The summed E-state index contributed by atoms with van der Waals surface area (Å²) in [5.41, 5.74) is 0.986. The van der Waals surface area contributed by atoms with E-state index in [1.54, 1.807) is 28.4 Å². The number of amides is 1. The molecule has 0 spiro atoms. The Morgan fingerprint density at radius 2 is 1.80 bits per heavy atom. The summed E-state index contributed by atoms with van der Waals surface area (Å²) in [7, 11) is -3.93. The molecule has 1 aliphatic heterocycles. The largest absolute Gasteiger partial charge is 0.377 e. The van der Waals surface area contributed by atoms with Gasteiger partial charge in [-0.3, -0.25) is 4.79 Å². The van der Waals surface area contributed by atoms with Crippen molar-refractivity contribution in [1.29, 1.82) is 0 Å². The Morgan fingerprint density at radius 1 is 1.06 bits per heavy atom. The number of hydrogen-bond donors (Lipinski definition) is 0. The van der Waals surface area contributed by atoms with Crippen LogP contribution in [0.3, 0.4) is 0 Å². The number of nitrogens with zero attached hydrogens (tertiary/aromatic N) is 2. The van der Waals surface area contributed by atoms with Crippen LogP contribution in [0.4, 0.5) is 0 Å². The summed E-state index contributed by atoms with van der Waals surface area (Å²) in [6.07, 6.45) is 1.42. The molecule has 1 saturated heterocycles. The highest BCUT2D eigenvalue weighted by Gasteiger charge is 2.32. The maximum Gasteiger partial charge on any atom is 0.243 e. The lowest BCUT2D eigenvalue weighted by atomic mass is 10.2. The Morgan fingerprint density at radius 3 is 2.43 bits per heavy atom. The van der Waals surface area contributed by atoms with Crippen molar-refractivity contribution in [2.24, 2.45) is 0 Å². The topological polar surface area (TPSA) is 66.9 Å². The number of rotatable bonds is 10. The van der Waals surface area contributed by atoms with Gasteiger partial charge >= 0.3 is 0 Å². The van der Waals surface area contributed by atoms with Crippen LogP contribution in [0.25, 0.3) is 0 Å². The summed E-state index contributed by atoms with van der Waals surface area (Å²) in [5.74, 6) is -0.254. The minimum absolute atomic E-state index is 0.108. The number of carbonyl (C=O) groups excluding carboxylic acids is 1. The molecule has 4 rings (SSSR count). The zero-order valence-corrected chi connectivity index (χ0v) is 22.0. The Kier molecular flexibility index (Phi) is 8.62. The Labute approximate surface area is 216 Å². The van der Waals surface area contributed by atoms with Crippen LogP contribution >= 0.6 is 22.9 Å². The van der Waals surface area contributed by atoms with Gasteiger partial charge in [0.1, 0.15) is 0 Å². The molecule has 1 amide bonds. The van der Waals surface area contributed by atoms with Crippen molar-refractivity contribution in [2.45, 2.75) is 43.9 Å².